The highest BCUT2D eigenvalue weighted by Crippen LogP contribution is 2.07. The van der Waals surface area contributed by atoms with Crippen molar-refractivity contribution in [1.82, 2.24) is 10.6 Å². The Morgan fingerprint density at radius 1 is 0.862 bits per heavy atom. The SMILES string of the molecule is C[C@@H](CNC(=O)/C(C#N)=C/c1ccccc1)NC(=O)/C(C#N)=C/c1ccccc1. The van der Waals surface area contributed by atoms with Gasteiger partial charge in [-0.1, -0.05) is 60.7 Å². The van der Waals surface area contributed by atoms with Gasteiger partial charge in [-0.2, -0.15) is 10.5 Å². The van der Waals surface area contributed by atoms with Crippen LogP contribution in [0.25, 0.3) is 12.2 Å². The second kappa shape index (κ2) is 10.9. The summed E-state index contributed by atoms with van der Waals surface area (Å²) in [5.74, 6) is -1.06. The summed E-state index contributed by atoms with van der Waals surface area (Å²) < 4.78 is 0. The summed E-state index contributed by atoms with van der Waals surface area (Å²) in [4.78, 5) is 24.5. The van der Waals surface area contributed by atoms with Gasteiger partial charge in [-0.15, -0.1) is 0 Å². The van der Waals surface area contributed by atoms with Crippen molar-refractivity contribution >= 4 is 24.0 Å². The van der Waals surface area contributed by atoms with Gasteiger partial charge in [0.25, 0.3) is 11.8 Å². The first-order chi connectivity index (χ1) is 14.0. The second-order valence-electron chi connectivity index (χ2n) is 6.25. The minimum absolute atomic E-state index is 0.0311. The van der Waals surface area contributed by atoms with Gasteiger partial charge in [0.15, 0.2) is 0 Å². The maximum absolute atomic E-state index is 12.3. The van der Waals surface area contributed by atoms with Crippen molar-refractivity contribution in [2.45, 2.75) is 13.0 Å². The van der Waals surface area contributed by atoms with E-state index in [1.54, 1.807) is 31.2 Å². The van der Waals surface area contributed by atoms with Crippen molar-refractivity contribution in [3.63, 3.8) is 0 Å². The van der Waals surface area contributed by atoms with E-state index in [0.717, 1.165) is 11.1 Å². The summed E-state index contributed by atoms with van der Waals surface area (Å²) in [6.07, 6.45) is 2.99. The number of nitrogens with zero attached hydrogens (tertiary/aromatic N) is 2. The van der Waals surface area contributed by atoms with E-state index in [4.69, 9.17) is 0 Å². The monoisotopic (exact) mass is 384 g/mol. The first-order valence-electron chi connectivity index (χ1n) is 8.96. The second-order valence-corrected chi connectivity index (χ2v) is 6.25. The smallest absolute Gasteiger partial charge is 0.262 e. The van der Waals surface area contributed by atoms with Crippen LogP contribution in [0.5, 0.6) is 0 Å². The van der Waals surface area contributed by atoms with Gasteiger partial charge < -0.3 is 10.6 Å². The van der Waals surface area contributed by atoms with Crippen LogP contribution in [0, 0.1) is 22.7 Å². The van der Waals surface area contributed by atoms with Crippen molar-refractivity contribution in [2.24, 2.45) is 0 Å². The van der Waals surface area contributed by atoms with Crippen LogP contribution in [0.4, 0.5) is 0 Å². The van der Waals surface area contributed by atoms with E-state index in [1.807, 2.05) is 48.5 Å². The lowest BCUT2D eigenvalue weighted by Crippen LogP contribution is -2.42. The highest BCUT2D eigenvalue weighted by atomic mass is 16.2. The van der Waals surface area contributed by atoms with Crippen LogP contribution in [0.2, 0.25) is 0 Å². The minimum Gasteiger partial charge on any atom is -0.349 e. The molecular weight excluding hydrogens is 364 g/mol. The van der Waals surface area contributed by atoms with Crippen molar-refractivity contribution in [3.8, 4) is 12.1 Å². The Labute approximate surface area is 169 Å². The summed E-state index contributed by atoms with van der Waals surface area (Å²) in [5.41, 5.74) is 1.42. The number of nitrogens with one attached hydrogen (secondary N) is 2. The van der Waals surface area contributed by atoms with Gasteiger partial charge in [-0.25, -0.2) is 0 Å². The van der Waals surface area contributed by atoms with E-state index in [2.05, 4.69) is 10.6 Å². The average molecular weight is 384 g/mol. The predicted molar refractivity (Wildman–Crippen MR) is 111 cm³/mol. The molecule has 0 aromatic heterocycles. The average Bonchev–Trinajstić information content (AvgIpc) is 2.75. The molecular formula is C23H20N4O2. The lowest BCUT2D eigenvalue weighted by Gasteiger charge is -2.14. The number of amides is 2. The molecule has 144 valence electrons. The van der Waals surface area contributed by atoms with Crippen LogP contribution < -0.4 is 10.6 Å². The van der Waals surface area contributed by atoms with Crippen LogP contribution in [-0.4, -0.2) is 24.4 Å². The molecule has 0 radical (unpaired) electrons. The molecule has 0 saturated heterocycles. The minimum atomic E-state index is -0.530. The van der Waals surface area contributed by atoms with Crippen molar-refractivity contribution < 1.29 is 9.59 Å². The molecule has 0 spiro atoms. The molecule has 0 fully saturated rings. The summed E-state index contributed by atoms with van der Waals surface area (Å²) >= 11 is 0. The van der Waals surface area contributed by atoms with E-state index >= 15 is 0 Å². The molecule has 0 saturated carbocycles. The molecule has 2 rings (SSSR count). The molecule has 0 heterocycles. The third-order valence-electron chi connectivity index (χ3n) is 3.90. The van der Waals surface area contributed by atoms with E-state index in [0.29, 0.717) is 0 Å². The zero-order chi connectivity index (χ0) is 21.1. The quantitative estimate of drug-likeness (QED) is 0.565. The first kappa shape index (κ1) is 21.1. The van der Waals surface area contributed by atoms with Gasteiger partial charge in [0, 0.05) is 12.6 Å². The fourth-order valence-corrected chi connectivity index (χ4v) is 2.42. The number of nitriles is 2. The maximum atomic E-state index is 12.3. The number of carbonyl (C=O) groups excluding carboxylic acids is 2. The van der Waals surface area contributed by atoms with E-state index in [1.165, 1.54) is 12.2 Å². The lowest BCUT2D eigenvalue weighted by atomic mass is 10.1. The van der Waals surface area contributed by atoms with Gasteiger partial charge in [0.2, 0.25) is 0 Å². The molecule has 2 aromatic carbocycles. The molecule has 2 amide bonds. The fourth-order valence-electron chi connectivity index (χ4n) is 2.42. The van der Waals surface area contributed by atoms with Gasteiger partial charge in [0.1, 0.15) is 23.3 Å². The summed E-state index contributed by atoms with van der Waals surface area (Å²) in [7, 11) is 0. The molecule has 29 heavy (non-hydrogen) atoms. The number of hydrogen-bond donors (Lipinski definition) is 2. The first-order valence-corrected chi connectivity index (χ1v) is 8.96. The predicted octanol–water partition coefficient (Wildman–Crippen LogP) is 2.82. The Balaban J connectivity index is 1.94. The number of carbonyl (C=O) groups is 2. The summed E-state index contributed by atoms with van der Waals surface area (Å²) in [5, 5.41) is 23.7. The topological polar surface area (TPSA) is 106 Å². The molecule has 2 N–H and O–H groups in total. The lowest BCUT2D eigenvalue weighted by molar-refractivity contribution is -0.119. The third-order valence-corrected chi connectivity index (χ3v) is 3.90. The largest absolute Gasteiger partial charge is 0.349 e. The van der Waals surface area contributed by atoms with Crippen molar-refractivity contribution in [1.29, 1.82) is 10.5 Å². The van der Waals surface area contributed by atoms with Gasteiger partial charge in [-0.05, 0) is 30.2 Å². The molecule has 6 nitrogen and oxygen atoms in total. The van der Waals surface area contributed by atoms with Crippen LogP contribution in [-0.2, 0) is 9.59 Å². The van der Waals surface area contributed by atoms with Crippen LogP contribution in [0.3, 0.4) is 0 Å². The zero-order valence-electron chi connectivity index (χ0n) is 15.9. The highest BCUT2D eigenvalue weighted by Gasteiger charge is 2.15. The van der Waals surface area contributed by atoms with Crippen molar-refractivity contribution in [3.05, 3.63) is 82.9 Å². The molecule has 0 unspecified atom stereocenters. The molecule has 6 heteroatoms. The molecule has 0 aliphatic rings. The third kappa shape index (κ3) is 6.82. The molecule has 2 aromatic rings. The Morgan fingerprint density at radius 2 is 1.31 bits per heavy atom. The standard InChI is InChI=1S/C23H20N4O2/c1-17(27-23(29)21(15-25)13-19-10-6-3-7-11-19)16-26-22(28)20(14-24)12-18-8-4-2-5-9-18/h2-13,17H,16H2,1H3,(H,26,28)(H,27,29)/b20-12+,21-13+/t17-/m0/s1. The Hall–Kier alpha value is -4.16. The summed E-state index contributed by atoms with van der Waals surface area (Å²) in [6.45, 7) is 1.81. The number of hydrogen-bond acceptors (Lipinski definition) is 4. The van der Waals surface area contributed by atoms with Gasteiger partial charge in [0.05, 0.1) is 0 Å². The zero-order valence-corrected chi connectivity index (χ0v) is 15.9. The summed E-state index contributed by atoms with van der Waals surface area (Å²) in [6, 6.07) is 21.4. The van der Waals surface area contributed by atoms with Gasteiger partial charge in [-0.3, -0.25) is 9.59 Å². The maximum Gasteiger partial charge on any atom is 0.262 e. The Bertz CT molecular complexity index is 997. The van der Waals surface area contributed by atoms with Gasteiger partial charge >= 0.3 is 0 Å². The molecule has 0 aliphatic heterocycles. The van der Waals surface area contributed by atoms with Crippen molar-refractivity contribution in [2.75, 3.05) is 6.54 Å². The number of rotatable bonds is 7. The van der Waals surface area contributed by atoms with E-state index in [9.17, 15) is 20.1 Å². The molecule has 0 aliphatic carbocycles. The van der Waals surface area contributed by atoms with Crippen LogP contribution in [0.15, 0.2) is 71.8 Å². The van der Waals surface area contributed by atoms with E-state index in [-0.39, 0.29) is 17.7 Å². The van der Waals surface area contributed by atoms with E-state index < -0.39 is 17.9 Å². The molecule has 1 atom stereocenters. The normalized spacial score (nSPS) is 12.2. The Kier molecular flexibility index (Phi) is 7.92. The van der Waals surface area contributed by atoms with Crippen LogP contribution in [0.1, 0.15) is 18.1 Å². The molecule has 0 bridgehead atoms. The van der Waals surface area contributed by atoms with Crippen LogP contribution >= 0.6 is 0 Å². The Morgan fingerprint density at radius 3 is 1.76 bits per heavy atom. The highest BCUT2D eigenvalue weighted by molar-refractivity contribution is 6.02. The number of benzene rings is 2. The fraction of sp³-hybridized carbons (Fsp3) is 0.130.